The highest BCUT2D eigenvalue weighted by molar-refractivity contribution is 5.99. The fourth-order valence-corrected chi connectivity index (χ4v) is 3.55. The van der Waals surface area contributed by atoms with E-state index in [1.807, 2.05) is 17.9 Å². The number of para-hydroxylation sites is 1. The Morgan fingerprint density at radius 3 is 2.36 bits per heavy atom. The molecule has 3 rings (SSSR count). The van der Waals surface area contributed by atoms with Gasteiger partial charge >= 0.3 is 0 Å². The van der Waals surface area contributed by atoms with Gasteiger partial charge in [0.25, 0.3) is 5.91 Å². The van der Waals surface area contributed by atoms with Crippen molar-refractivity contribution in [2.24, 2.45) is 0 Å². The average molecular weight is 296 g/mol. The number of hydrogen-bond donors (Lipinski definition) is 1. The molecule has 1 aromatic carbocycles. The number of aryl methyl sites for hydroxylation is 1. The van der Waals surface area contributed by atoms with Gasteiger partial charge in [-0.15, -0.1) is 0 Å². The SMILES string of the molecule is CC1=C(C)[C@@H](c2c(C)[nH]c3ccccc23)N(C(C)(C)C)C1=O. The molecule has 22 heavy (non-hydrogen) atoms. The van der Waals surface area contributed by atoms with Crippen LogP contribution in [-0.2, 0) is 4.79 Å². The lowest BCUT2D eigenvalue weighted by molar-refractivity contribution is -0.131. The van der Waals surface area contributed by atoms with E-state index in [9.17, 15) is 4.79 Å². The normalized spacial score (nSPS) is 19.6. The Hall–Kier alpha value is -2.03. The molecule has 0 saturated heterocycles. The highest BCUT2D eigenvalue weighted by Gasteiger charge is 2.43. The van der Waals surface area contributed by atoms with Crippen LogP contribution in [0.15, 0.2) is 35.4 Å². The highest BCUT2D eigenvalue weighted by atomic mass is 16.2. The van der Waals surface area contributed by atoms with E-state index in [2.05, 4.69) is 57.8 Å². The van der Waals surface area contributed by atoms with Crippen molar-refractivity contribution in [3.8, 4) is 0 Å². The topological polar surface area (TPSA) is 36.1 Å². The summed E-state index contributed by atoms with van der Waals surface area (Å²) in [6.45, 7) is 12.4. The van der Waals surface area contributed by atoms with Gasteiger partial charge in [0.1, 0.15) is 0 Å². The minimum absolute atomic E-state index is 0.0173. The summed E-state index contributed by atoms with van der Waals surface area (Å²) in [5.74, 6) is 0.152. The Labute approximate surface area is 132 Å². The predicted octanol–water partition coefficient (Wildman–Crippen LogP) is 4.49. The Balaban J connectivity index is 2.27. The summed E-state index contributed by atoms with van der Waals surface area (Å²) >= 11 is 0. The molecule has 2 heterocycles. The van der Waals surface area contributed by atoms with Crippen LogP contribution in [0.1, 0.15) is 51.9 Å². The molecule has 0 fully saturated rings. The fourth-order valence-electron chi connectivity index (χ4n) is 3.55. The zero-order chi connectivity index (χ0) is 16.2. The number of hydrogen-bond acceptors (Lipinski definition) is 1. The first-order chi connectivity index (χ1) is 10.2. The van der Waals surface area contributed by atoms with E-state index in [0.717, 1.165) is 22.4 Å². The molecule has 1 aliphatic rings. The second kappa shape index (κ2) is 4.73. The lowest BCUT2D eigenvalue weighted by atomic mass is 9.93. The quantitative estimate of drug-likeness (QED) is 0.826. The Kier molecular flexibility index (Phi) is 3.20. The van der Waals surface area contributed by atoms with Gasteiger partial charge in [0.2, 0.25) is 0 Å². The third kappa shape index (κ3) is 1.99. The first kappa shape index (κ1) is 14.9. The van der Waals surface area contributed by atoms with Crippen LogP contribution in [0.5, 0.6) is 0 Å². The predicted molar refractivity (Wildman–Crippen MR) is 90.7 cm³/mol. The van der Waals surface area contributed by atoms with E-state index in [1.54, 1.807) is 0 Å². The lowest BCUT2D eigenvalue weighted by Gasteiger charge is -2.38. The van der Waals surface area contributed by atoms with E-state index >= 15 is 0 Å². The molecular formula is C19H24N2O. The van der Waals surface area contributed by atoms with Gasteiger partial charge in [0, 0.05) is 33.3 Å². The molecule has 0 radical (unpaired) electrons. The number of rotatable bonds is 1. The van der Waals surface area contributed by atoms with E-state index in [0.29, 0.717) is 0 Å². The number of H-pyrrole nitrogens is 1. The molecule has 116 valence electrons. The minimum Gasteiger partial charge on any atom is -0.358 e. The average Bonchev–Trinajstić information content (AvgIpc) is 2.87. The summed E-state index contributed by atoms with van der Waals surface area (Å²) in [6, 6.07) is 8.35. The lowest BCUT2D eigenvalue weighted by Crippen LogP contribution is -2.45. The number of amides is 1. The van der Waals surface area contributed by atoms with Gasteiger partial charge in [-0.25, -0.2) is 0 Å². The number of nitrogens with zero attached hydrogens (tertiary/aromatic N) is 1. The molecule has 1 N–H and O–H groups in total. The number of aromatic nitrogens is 1. The Morgan fingerprint density at radius 2 is 1.73 bits per heavy atom. The van der Waals surface area contributed by atoms with Crippen LogP contribution in [0.25, 0.3) is 10.9 Å². The number of nitrogens with one attached hydrogen (secondary N) is 1. The molecule has 1 aliphatic heterocycles. The van der Waals surface area contributed by atoms with Crippen LogP contribution in [0.3, 0.4) is 0 Å². The Bertz CT molecular complexity index is 789. The standard InChI is InChI=1S/C19H24N2O/c1-11-12(2)18(22)21(19(4,5)6)17(11)16-13(3)20-15-10-8-7-9-14(15)16/h7-10,17,20H,1-6H3/t17-/m0/s1. The minimum atomic E-state index is -0.217. The molecule has 0 unspecified atom stereocenters. The van der Waals surface area contributed by atoms with Crippen LogP contribution < -0.4 is 0 Å². The molecule has 3 nitrogen and oxygen atoms in total. The van der Waals surface area contributed by atoms with Crippen molar-refractivity contribution in [3.05, 3.63) is 46.7 Å². The monoisotopic (exact) mass is 296 g/mol. The molecule has 0 bridgehead atoms. The van der Waals surface area contributed by atoms with E-state index in [1.165, 1.54) is 10.9 Å². The zero-order valence-electron chi connectivity index (χ0n) is 14.2. The smallest absolute Gasteiger partial charge is 0.250 e. The number of fused-ring (bicyclic) bond motifs is 1. The van der Waals surface area contributed by atoms with Crippen LogP contribution in [0, 0.1) is 6.92 Å². The van der Waals surface area contributed by atoms with Crippen LogP contribution in [-0.4, -0.2) is 21.3 Å². The largest absolute Gasteiger partial charge is 0.358 e. The van der Waals surface area contributed by atoms with E-state index in [-0.39, 0.29) is 17.5 Å². The maximum atomic E-state index is 12.8. The van der Waals surface area contributed by atoms with Gasteiger partial charge in [-0.05, 0) is 53.2 Å². The van der Waals surface area contributed by atoms with Gasteiger partial charge in [0.05, 0.1) is 6.04 Å². The van der Waals surface area contributed by atoms with Crippen molar-refractivity contribution in [1.82, 2.24) is 9.88 Å². The molecule has 0 aliphatic carbocycles. The second-order valence-electron chi connectivity index (χ2n) is 7.27. The molecular weight excluding hydrogens is 272 g/mol. The van der Waals surface area contributed by atoms with Crippen molar-refractivity contribution < 1.29 is 4.79 Å². The summed E-state index contributed by atoms with van der Waals surface area (Å²) in [5.41, 5.74) is 5.33. The summed E-state index contributed by atoms with van der Waals surface area (Å²) in [6.07, 6.45) is 0. The zero-order valence-corrected chi connectivity index (χ0v) is 14.2. The number of carbonyl (C=O) groups is 1. The number of aromatic amines is 1. The molecule has 1 amide bonds. The first-order valence-corrected chi connectivity index (χ1v) is 7.81. The number of benzene rings is 1. The molecule has 1 atom stereocenters. The van der Waals surface area contributed by atoms with Crippen molar-refractivity contribution >= 4 is 16.8 Å². The summed E-state index contributed by atoms with van der Waals surface area (Å²) in [7, 11) is 0. The maximum Gasteiger partial charge on any atom is 0.250 e. The molecule has 1 aromatic heterocycles. The van der Waals surface area contributed by atoms with Crippen molar-refractivity contribution in [1.29, 1.82) is 0 Å². The summed E-state index contributed by atoms with van der Waals surface area (Å²) in [5, 5.41) is 1.21. The fraction of sp³-hybridized carbons (Fsp3) is 0.421. The highest BCUT2D eigenvalue weighted by Crippen LogP contribution is 2.45. The third-order valence-corrected chi connectivity index (χ3v) is 4.74. The molecule has 0 spiro atoms. The van der Waals surface area contributed by atoms with Gasteiger partial charge in [-0.1, -0.05) is 18.2 Å². The first-order valence-electron chi connectivity index (χ1n) is 7.81. The van der Waals surface area contributed by atoms with Crippen LogP contribution in [0.2, 0.25) is 0 Å². The van der Waals surface area contributed by atoms with Crippen molar-refractivity contribution in [2.75, 3.05) is 0 Å². The van der Waals surface area contributed by atoms with Gasteiger partial charge in [-0.2, -0.15) is 0 Å². The maximum absolute atomic E-state index is 12.8. The van der Waals surface area contributed by atoms with Gasteiger partial charge in [-0.3, -0.25) is 4.79 Å². The van der Waals surface area contributed by atoms with E-state index < -0.39 is 0 Å². The Morgan fingerprint density at radius 1 is 1.09 bits per heavy atom. The van der Waals surface area contributed by atoms with Crippen molar-refractivity contribution in [2.45, 2.75) is 53.1 Å². The summed E-state index contributed by atoms with van der Waals surface area (Å²) < 4.78 is 0. The summed E-state index contributed by atoms with van der Waals surface area (Å²) in [4.78, 5) is 18.3. The molecule has 3 heteroatoms. The number of carbonyl (C=O) groups excluding carboxylic acids is 1. The van der Waals surface area contributed by atoms with Crippen molar-refractivity contribution in [3.63, 3.8) is 0 Å². The third-order valence-electron chi connectivity index (χ3n) is 4.74. The van der Waals surface area contributed by atoms with Crippen LogP contribution >= 0.6 is 0 Å². The van der Waals surface area contributed by atoms with E-state index in [4.69, 9.17) is 0 Å². The molecule has 2 aromatic rings. The van der Waals surface area contributed by atoms with Crippen LogP contribution in [0.4, 0.5) is 0 Å². The second-order valence-corrected chi connectivity index (χ2v) is 7.27. The van der Waals surface area contributed by atoms with Gasteiger partial charge in [0.15, 0.2) is 0 Å². The molecule has 0 saturated carbocycles. The van der Waals surface area contributed by atoms with Gasteiger partial charge < -0.3 is 9.88 Å².